The second-order valence-corrected chi connectivity index (χ2v) is 5.78. The summed E-state index contributed by atoms with van der Waals surface area (Å²) in [5.74, 6) is -0.187. The van der Waals surface area contributed by atoms with Crippen molar-refractivity contribution in [3.05, 3.63) is 34.9 Å². The van der Waals surface area contributed by atoms with Gasteiger partial charge in [-0.1, -0.05) is 36.7 Å². The van der Waals surface area contributed by atoms with E-state index < -0.39 is 11.6 Å². The average molecular weight is 295 g/mol. The fraction of sp³-hybridized carbons (Fsp3) is 0.467. The molecular formula is C15H19ClN2O2. The topological polar surface area (TPSA) is 49.4 Å². The van der Waals surface area contributed by atoms with Crippen LogP contribution in [0.2, 0.25) is 5.02 Å². The highest BCUT2D eigenvalue weighted by molar-refractivity contribution is 6.31. The van der Waals surface area contributed by atoms with Gasteiger partial charge in [-0.3, -0.25) is 9.59 Å². The van der Waals surface area contributed by atoms with Gasteiger partial charge in [-0.25, -0.2) is 0 Å². The van der Waals surface area contributed by atoms with Crippen LogP contribution in [-0.4, -0.2) is 28.3 Å². The van der Waals surface area contributed by atoms with Crippen LogP contribution in [0.25, 0.3) is 0 Å². The Balaban J connectivity index is 2.31. The number of rotatable bonds is 3. The molecule has 0 aromatic heterocycles. The van der Waals surface area contributed by atoms with Gasteiger partial charge in [-0.2, -0.15) is 0 Å². The molecule has 20 heavy (non-hydrogen) atoms. The smallest absolute Gasteiger partial charge is 0.249 e. The zero-order valence-corrected chi connectivity index (χ0v) is 12.7. The summed E-state index contributed by atoms with van der Waals surface area (Å²) < 4.78 is 0. The summed E-state index contributed by atoms with van der Waals surface area (Å²) in [6, 6.07) is 6.89. The Hall–Kier alpha value is -1.55. The standard InChI is InChI=1S/C15H19ClN2O2/c1-4-15(3)14(20)18(10(2)13(19)17-15)9-11-7-5-6-8-12(11)16/h5-8,10H,4,9H2,1-3H3,(H,17,19). The molecule has 4 nitrogen and oxygen atoms in total. The predicted molar refractivity (Wildman–Crippen MR) is 78.3 cm³/mol. The first-order valence-corrected chi connectivity index (χ1v) is 7.13. The van der Waals surface area contributed by atoms with Gasteiger partial charge in [0.2, 0.25) is 11.8 Å². The zero-order valence-electron chi connectivity index (χ0n) is 11.9. The van der Waals surface area contributed by atoms with Crippen molar-refractivity contribution < 1.29 is 9.59 Å². The maximum Gasteiger partial charge on any atom is 0.249 e. The van der Waals surface area contributed by atoms with Crippen LogP contribution in [0.5, 0.6) is 0 Å². The van der Waals surface area contributed by atoms with E-state index in [1.807, 2.05) is 25.1 Å². The lowest BCUT2D eigenvalue weighted by Gasteiger charge is -2.43. The Morgan fingerprint density at radius 1 is 1.35 bits per heavy atom. The van der Waals surface area contributed by atoms with Gasteiger partial charge in [0.25, 0.3) is 0 Å². The van der Waals surface area contributed by atoms with Crippen molar-refractivity contribution in [3.63, 3.8) is 0 Å². The van der Waals surface area contributed by atoms with Gasteiger partial charge in [0.15, 0.2) is 0 Å². The molecule has 0 aliphatic carbocycles. The number of nitrogens with one attached hydrogen (secondary N) is 1. The third-order valence-electron chi connectivity index (χ3n) is 3.98. The highest BCUT2D eigenvalue weighted by atomic mass is 35.5. The SMILES string of the molecule is CCC1(C)NC(=O)C(C)N(Cc2ccccc2Cl)C1=O. The number of benzene rings is 1. The summed E-state index contributed by atoms with van der Waals surface area (Å²) in [4.78, 5) is 26.3. The Kier molecular flexibility index (Phi) is 4.04. The molecule has 108 valence electrons. The van der Waals surface area contributed by atoms with Gasteiger partial charge in [-0.15, -0.1) is 0 Å². The van der Waals surface area contributed by atoms with E-state index in [-0.39, 0.29) is 11.8 Å². The number of nitrogens with zero attached hydrogens (tertiary/aromatic N) is 1. The molecule has 2 rings (SSSR count). The molecule has 1 heterocycles. The number of carbonyl (C=O) groups is 2. The van der Waals surface area contributed by atoms with E-state index in [9.17, 15) is 9.59 Å². The van der Waals surface area contributed by atoms with Crippen LogP contribution >= 0.6 is 11.6 Å². The number of piperazine rings is 1. The van der Waals surface area contributed by atoms with Crippen molar-refractivity contribution in [3.8, 4) is 0 Å². The van der Waals surface area contributed by atoms with Gasteiger partial charge < -0.3 is 10.2 Å². The summed E-state index contributed by atoms with van der Waals surface area (Å²) in [6.45, 7) is 5.74. The molecule has 0 radical (unpaired) electrons. The lowest BCUT2D eigenvalue weighted by atomic mass is 9.92. The Morgan fingerprint density at radius 3 is 2.60 bits per heavy atom. The maximum absolute atomic E-state index is 12.6. The number of amides is 2. The Morgan fingerprint density at radius 2 is 2.00 bits per heavy atom. The second-order valence-electron chi connectivity index (χ2n) is 5.38. The third-order valence-corrected chi connectivity index (χ3v) is 4.35. The number of carbonyl (C=O) groups excluding carboxylic acids is 2. The number of hydrogen-bond donors (Lipinski definition) is 1. The van der Waals surface area contributed by atoms with Crippen LogP contribution < -0.4 is 5.32 Å². The molecule has 1 aliphatic rings. The van der Waals surface area contributed by atoms with Crippen molar-refractivity contribution in [2.75, 3.05) is 0 Å². The fourth-order valence-corrected chi connectivity index (χ4v) is 2.52. The Bertz CT molecular complexity index is 546. The van der Waals surface area contributed by atoms with Crippen LogP contribution in [0.4, 0.5) is 0 Å². The van der Waals surface area contributed by atoms with Crippen molar-refractivity contribution in [2.45, 2.75) is 45.3 Å². The molecule has 2 amide bonds. The predicted octanol–water partition coefficient (Wildman–Crippen LogP) is 2.36. The lowest BCUT2D eigenvalue weighted by molar-refractivity contribution is -0.154. The minimum absolute atomic E-state index is 0.0629. The van der Waals surface area contributed by atoms with E-state index in [0.29, 0.717) is 18.0 Å². The highest BCUT2D eigenvalue weighted by Gasteiger charge is 2.45. The molecule has 0 saturated carbocycles. The van der Waals surface area contributed by atoms with Gasteiger partial charge >= 0.3 is 0 Å². The van der Waals surface area contributed by atoms with Crippen molar-refractivity contribution >= 4 is 23.4 Å². The minimum atomic E-state index is -0.829. The van der Waals surface area contributed by atoms with E-state index in [1.54, 1.807) is 24.8 Å². The van der Waals surface area contributed by atoms with Crippen LogP contribution in [-0.2, 0) is 16.1 Å². The van der Waals surface area contributed by atoms with E-state index in [0.717, 1.165) is 5.56 Å². The average Bonchev–Trinajstić information content (AvgIpc) is 2.43. The molecule has 1 N–H and O–H groups in total. The summed E-state index contributed by atoms with van der Waals surface area (Å²) in [7, 11) is 0. The highest BCUT2D eigenvalue weighted by Crippen LogP contribution is 2.25. The van der Waals surface area contributed by atoms with E-state index in [1.165, 1.54) is 0 Å². The van der Waals surface area contributed by atoms with Crippen LogP contribution in [0.3, 0.4) is 0 Å². The largest absolute Gasteiger partial charge is 0.340 e. The molecule has 0 bridgehead atoms. The van der Waals surface area contributed by atoms with Crippen molar-refractivity contribution in [1.82, 2.24) is 10.2 Å². The third kappa shape index (κ3) is 2.52. The summed E-state index contributed by atoms with van der Waals surface area (Å²) in [5.41, 5.74) is 0.0210. The minimum Gasteiger partial charge on any atom is -0.340 e. The molecule has 1 aliphatic heterocycles. The number of hydrogen-bond acceptors (Lipinski definition) is 2. The van der Waals surface area contributed by atoms with Crippen molar-refractivity contribution in [2.24, 2.45) is 0 Å². The molecule has 1 fully saturated rings. The van der Waals surface area contributed by atoms with Crippen molar-refractivity contribution in [1.29, 1.82) is 0 Å². The molecule has 5 heteroatoms. The number of halogens is 1. The van der Waals surface area contributed by atoms with Gasteiger partial charge in [0.05, 0.1) is 0 Å². The van der Waals surface area contributed by atoms with E-state index in [4.69, 9.17) is 11.6 Å². The molecule has 2 atom stereocenters. The van der Waals surface area contributed by atoms with Gasteiger partial charge in [-0.05, 0) is 31.9 Å². The zero-order chi connectivity index (χ0) is 14.9. The molecule has 0 spiro atoms. The monoisotopic (exact) mass is 294 g/mol. The summed E-state index contributed by atoms with van der Waals surface area (Å²) in [5, 5.41) is 3.42. The van der Waals surface area contributed by atoms with E-state index in [2.05, 4.69) is 5.32 Å². The fourth-order valence-electron chi connectivity index (χ4n) is 2.32. The summed E-state index contributed by atoms with van der Waals surface area (Å²) in [6.07, 6.45) is 0.559. The molecule has 1 aromatic rings. The molecule has 1 aromatic carbocycles. The first-order chi connectivity index (χ1) is 9.39. The molecular weight excluding hydrogens is 276 g/mol. The normalized spacial score (nSPS) is 26.6. The first-order valence-electron chi connectivity index (χ1n) is 6.75. The lowest BCUT2D eigenvalue weighted by Crippen LogP contribution is -2.68. The second kappa shape index (κ2) is 5.44. The Labute approximate surface area is 124 Å². The van der Waals surface area contributed by atoms with Gasteiger partial charge in [0, 0.05) is 11.6 Å². The molecule has 1 saturated heterocycles. The van der Waals surface area contributed by atoms with E-state index >= 15 is 0 Å². The van der Waals surface area contributed by atoms with Crippen LogP contribution in [0, 0.1) is 0 Å². The van der Waals surface area contributed by atoms with Gasteiger partial charge in [0.1, 0.15) is 11.6 Å². The first kappa shape index (κ1) is 14.9. The molecule has 2 unspecified atom stereocenters. The van der Waals surface area contributed by atoms with Crippen LogP contribution in [0.1, 0.15) is 32.8 Å². The van der Waals surface area contributed by atoms with Crippen LogP contribution in [0.15, 0.2) is 24.3 Å². The maximum atomic E-state index is 12.6. The quantitative estimate of drug-likeness (QED) is 0.930. The summed E-state index contributed by atoms with van der Waals surface area (Å²) >= 11 is 6.14.